The Morgan fingerprint density at radius 1 is 1.31 bits per heavy atom. The second-order valence-electron chi connectivity index (χ2n) is 6.88. The van der Waals surface area contributed by atoms with Crippen LogP contribution in [0.3, 0.4) is 0 Å². The van der Waals surface area contributed by atoms with Crippen LogP contribution in [-0.2, 0) is 12.0 Å². The first-order valence-corrected chi connectivity index (χ1v) is 9.21. The van der Waals surface area contributed by atoms with Gasteiger partial charge in [0, 0.05) is 29.4 Å². The van der Waals surface area contributed by atoms with E-state index in [2.05, 4.69) is 36.6 Å². The molecule has 0 spiro atoms. The molecule has 0 aliphatic heterocycles. The highest BCUT2D eigenvalue weighted by atomic mass is 32.1. The van der Waals surface area contributed by atoms with Crippen LogP contribution in [0, 0.1) is 10.1 Å². The van der Waals surface area contributed by atoms with Gasteiger partial charge in [0.1, 0.15) is 10.4 Å². The number of carbonyl (C=O) groups excluding carboxylic acids is 1. The van der Waals surface area contributed by atoms with Crippen LogP contribution in [-0.4, -0.2) is 15.0 Å². The van der Waals surface area contributed by atoms with Crippen molar-refractivity contribution in [1.82, 2.24) is 3.96 Å². The molecule has 0 aliphatic carbocycles. The molecule has 8 heteroatoms. The Morgan fingerprint density at radius 2 is 1.96 bits per heavy atom. The number of nitrogens with zero attached hydrogens (tertiary/aromatic N) is 3. The highest BCUT2D eigenvalue weighted by molar-refractivity contribution is 7.04. The average molecular weight is 377 g/mol. The van der Waals surface area contributed by atoms with Gasteiger partial charge in [-0.05, 0) is 57.3 Å². The maximum Gasteiger partial charge on any atom is 0.440 e. The maximum atomic E-state index is 12.2. The van der Waals surface area contributed by atoms with Gasteiger partial charge in [0.05, 0.1) is 4.92 Å². The van der Waals surface area contributed by atoms with Crippen LogP contribution in [0.5, 0.6) is 5.75 Å². The number of nitro groups is 1. The second kappa shape index (κ2) is 8.27. The largest absolute Gasteiger partial charge is 0.440 e. The topological polar surface area (TPSA) is 86.7 Å². The van der Waals surface area contributed by atoms with Gasteiger partial charge in [-0.1, -0.05) is 13.3 Å². The second-order valence-corrected chi connectivity index (χ2v) is 7.84. The average Bonchev–Trinajstić information content (AvgIpc) is 2.96. The number of amides is 1. The van der Waals surface area contributed by atoms with E-state index in [1.165, 1.54) is 35.8 Å². The number of rotatable bonds is 5. The molecule has 1 heterocycles. The molecule has 0 unspecified atom stereocenters. The Hall–Kier alpha value is -2.48. The Balaban J connectivity index is 2.24. The number of aryl methyl sites for hydroxylation is 1. The number of benzene rings is 1. The Morgan fingerprint density at radius 3 is 2.50 bits per heavy atom. The van der Waals surface area contributed by atoms with Gasteiger partial charge in [0.2, 0.25) is 0 Å². The lowest BCUT2D eigenvalue weighted by Gasteiger charge is -2.19. The van der Waals surface area contributed by atoms with Gasteiger partial charge < -0.3 is 4.74 Å². The molecular formula is C18H23N3O4S. The number of hydrogen-bond acceptors (Lipinski definition) is 5. The third-order valence-electron chi connectivity index (χ3n) is 3.64. The molecule has 0 atom stereocenters. The summed E-state index contributed by atoms with van der Waals surface area (Å²) in [4.78, 5) is 26.4. The van der Waals surface area contributed by atoms with Gasteiger partial charge in [0.25, 0.3) is 5.69 Å². The predicted octanol–water partition coefficient (Wildman–Crippen LogP) is 4.66. The summed E-state index contributed by atoms with van der Waals surface area (Å²) >= 11 is 1.42. The number of aromatic nitrogens is 1. The fourth-order valence-electron chi connectivity index (χ4n) is 2.18. The molecule has 0 bridgehead atoms. The first-order valence-electron chi connectivity index (χ1n) is 8.44. The highest BCUT2D eigenvalue weighted by Crippen LogP contribution is 2.19. The molecule has 0 saturated heterocycles. The van der Waals surface area contributed by atoms with E-state index in [1.807, 2.05) is 6.20 Å². The lowest BCUT2D eigenvalue weighted by molar-refractivity contribution is -0.384. The third-order valence-corrected chi connectivity index (χ3v) is 5.02. The standard InChI is InChI=1S/C18H23N3O4S/c1-5-6-7-13-12-20(18(2,3)4)26-16(13)19-17(22)25-15-10-8-14(9-11-15)21(23)24/h8-12H,5-7H2,1-4H3. The number of unbranched alkanes of at least 4 members (excludes halogenated alkanes) is 1. The number of hydrogen-bond donors (Lipinski definition) is 0. The van der Waals surface area contributed by atoms with Crippen molar-refractivity contribution in [2.24, 2.45) is 4.99 Å². The fourth-order valence-corrected chi connectivity index (χ4v) is 3.21. The summed E-state index contributed by atoms with van der Waals surface area (Å²) in [5.74, 6) is 0.222. The first-order chi connectivity index (χ1) is 12.2. The van der Waals surface area contributed by atoms with Crippen molar-refractivity contribution in [3.05, 3.63) is 50.8 Å². The van der Waals surface area contributed by atoms with Gasteiger partial charge in [-0.2, -0.15) is 4.99 Å². The summed E-state index contributed by atoms with van der Waals surface area (Å²) in [5.41, 5.74) is 0.863. The SMILES string of the molecule is CCCCc1cn(C(C)(C)C)sc1=NC(=O)Oc1ccc([N+](=O)[O-])cc1. The van der Waals surface area contributed by atoms with Crippen LogP contribution in [0.2, 0.25) is 0 Å². The van der Waals surface area contributed by atoms with Crippen LogP contribution < -0.4 is 9.41 Å². The molecule has 7 nitrogen and oxygen atoms in total. The summed E-state index contributed by atoms with van der Waals surface area (Å²) in [6, 6.07) is 5.34. The molecule has 26 heavy (non-hydrogen) atoms. The summed E-state index contributed by atoms with van der Waals surface area (Å²) in [6.45, 7) is 8.38. The Kier molecular flexibility index (Phi) is 6.31. The molecule has 0 radical (unpaired) electrons. The fraction of sp³-hybridized carbons (Fsp3) is 0.444. The molecule has 0 fully saturated rings. The van der Waals surface area contributed by atoms with Crippen LogP contribution in [0.1, 0.15) is 46.1 Å². The van der Waals surface area contributed by atoms with Crippen molar-refractivity contribution >= 4 is 23.3 Å². The Labute approximate surface area is 156 Å². The minimum Gasteiger partial charge on any atom is -0.409 e. The minimum atomic E-state index is -0.737. The van der Waals surface area contributed by atoms with E-state index in [0.29, 0.717) is 4.67 Å². The van der Waals surface area contributed by atoms with Gasteiger partial charge in [-0.25, -0.2) is 4.79 Å². The van der Waals surface area contributed by atoms with Gasteiger partial charge in [-0.15, -0.1) is 0 Å². The van der Waals surface area contributed by atoms with Gasteiger partial charge in [-0.3, -0.25) is 14.1 Å². The van der Waals surface area contributed by atoms with Crippen LogP contribution in [0.15, 0.2) is 35.5 Å². The van der Waals surface area contributed by atoms with Crippen LogP contribution in [0.4, 0.5) is 10.5 Å². The highest BCUT2D eigenvalue weighted by Gasteiger charge is 2.16. The van der Waals surface area contributed by atoms with E-state index in [1.54, 1.807) is 0 Å². The van der Waals surface area contributed by atoms with Crippen LogP contribution in [0.25, 0.3) is 0 Å². The van der Waals surface area contributed by atoms with Gasteiger partial charge in [0.15, 0.2) is 0 Å². The van der Waals surface area contributed by atoms with Gasteiger partial charge >= 0.3 is 6.09 Å². The van der Waals surface area contributed by atoms with E-state index in [4.69, 9.17) is 4.74 Å². The third kappa shape index (κ3) is 5.26. The lowest BCUT2D eigenvalue weighted by Crippen LogP contribution is -2.18. The summed E-state index contributed by atoms with van der Waals surface area (Å²) in [6.07, 6.45) is 4.22. The van der Waals surface area contributed by atoms with Crippen molar-refractivity contribution in [3.8, 4) is 5.75 Å². The smallest absolute Gasteiger partial charge is 0.409 e. The maximum absolute atomic E-state index is 12.2. The summed E-state index contributed by atoms with van der Waals surface area (Å²) < 4.78 is 7.90. The van der Waals surface area contributed by atoms with Crippen molar-refractivity contribution in [2.45, 2.75) is 52.5 Å². The van der Waals surface area contributed by atoms with E-state index < -0.39 is 11.0 Å². The molecule has 1 aromatic heterocycles. The molecule has 1 aromatic carbocycles. The van der Waals surface area contributed by atoms with E-state index in [9.17, 15) is 14.9 Å². The molecule has 1 amide bonds. The van der Waals surface area contributed by atoms with E-state index in [0.717, 1.165) is 24.8 Å². The number of non-ortho nitro benzene ring substituents is 1. The lowest BCUT2D eigenvalue weighted by atomic mass is 10.1. The van der Waals surface area contributed by atoms with Crippen molar-refractivity contribution < 1.29 is 14.5 Å². The molecule has 140 valence electrons. The number of nitro benzene ring substituents is 1. The quantitative estimate of drug-likeness (QED) is 0.560. The number of ether oxygens (including phenoxy) is 1. The number of carbonyl (C=O) groups is 1. The van der Waals surface area contributed by atoms with E-state index >= 15 is 0 Å². The zero-order valence-electron chi connectivity index (χ0n) is 15.4. The predicted molar refractivity (Wildman–Crippen MR) is 101 cm³/mol. The minimum absolute atomic E-state index is 0.0620. The van der Waals surface area contributed by atoms with Crippen molar-refractivity contribution in [2.75, 3.05) is 0 Å². The monoisotopic (exact) mass is 377 g/mol. The first kappa shape index (κ1) is 19.8. The summed E-state index contributed by atoms with van der Waals surface area (Å²) in [5, 5.41) is 10.7. The molecule has 2 aromatic rings. The van der Waals surface area contributed by atoms with E-state index in [-0.39, 0.29) is 17.0 Å². The summed E-state index contributed by atoms with van der Waals surface area (Å²) in [7, 11) is 0. The molecule has 0 N–H and O–H groups in total. The normalized spacial score (nSPS) is 12.2. The molecule has 0 aliphatic rings. The van der Waals surface area contributed by atoms with Crippen molar-refractivity contribution in [3.63, 3.8) is 0 Å². The zero-order valence-corrected chi connectivity index (χ0v) is 16.2. The van der Waals surface area contributed by atoms with Crippen LogP contribution >= 0.6 is 11.5 Å². The zero-order chi connectivity index (χ0) is 19.3. The molecule has 2 rings (SSSR count). The van der Waals surface area contributed by atoms with Crippen molar-refractivity contribution in [1.29, 1.82) is 0 Å². The Bertz CT molecular complexity index is 845. The molecular weight excluding hydrogens is 354 g/mol. The molecule has 0 saturated carbocycles.